The van der Waals surface area contributed by atoms with Crippen LogP contribution >= 0.6 is 11.5 Å². The molecule has 4 rings (SSSR count). The zero-order valence-corrected chi connectivity index (χ0v) is 17.3. The molecule has 8 nitrogen and oxygen atoms in total. The Hall–Kier alpha value is -3.17. The Kier molecular flexibility index (Phi) is 6.41. The van der Waals surface area contributed by atoms with E-state index in [4.69, 9.17) is 9.57 Å². The predicted octanol–water partition coefficient (Wildman–Crippen LogP) is 3.33. The van der Waals surface area contributed by atoms with Crippen LogP contribution in [0.4, 0.5) is 5.82 Å². The molecule has 1 amide bonds. The molecule has 1 N–H and O–H groups in total. The molecule has 0 radical (unpaired) electrons. The first-order chi connectivity index (χ1) is 14.7. The maximum Gasteiger partial charge on any atom is 0.251 e. The number of anilines is 1. The van der Waals surface area contributed by atoms with Crippen molar-refractivity contribution in [3.63, 3.8) is 0 Å². The van der Waals surface area contributed by atoms with Crippen LogP contribution in [0.15, 0.2) is 53.7 Å². The molecule has 0 unspecified atom stereocenters. The van der Waals surface area contributed by atoms with Gasteiger partial charge in [-0.2, -0.15) is 0 Å². The molecule has 0 saturated heterocycles. The SMILES string of the molecule is Cc1snnc1/C(=N/OCc1cccc(NC(=O)COC2CC2)n1)c1ccccc1. The molecule has 1 aliphatic rings. The van der Waals surface area contributed by atoms with Gasteiger partial charge in [-0.3, -0.25) is 4.79 Å². The standard InChI is InChI=1S/C21H21N5O3S/c1-14-20(24-26-30-14)21(15-6-3-2-4-7-15)25-29-12-16-8-5-9-18(22-16)23-19(27)13-28-17-10-11-17/h2-9,17H,10-13H2,1H3,(H,22,23,27)/b25-21+. The number of ether oxygens (including phenoxy) is 1. The van der Waals surface area contributed by atoms with E-state index in [1.807, 2.05) is 43.3 Å². The molecule has 3 aromatic rings. The lowest BCUT2D eigenvalue weighted by Crippen LogP contribution is -2.19. The maximum absolute atomic E-state index is 11.9. The highest BCUT2D eigenvalue weighted by Gasteiger charge is 2.23. The first kappa shape index (κ1) is 20.1. The van der Waals surface area contributed by atoms with E-state index in [1.165, 1.54) is 11.5 Å². The lowest BCUT2D eigenvalue weighted by Gasteiger charge is -2.08. The second kappa shape index (κ2) is 9.55. The number of hydrogen-bond acceptors (Lipinski definition) is 8. The summed E-state index contributed by atoms with van der Waals surface area (Å²) < 4.78 is 9.40. The number of oxime groups is 1. The van der Waals surface area contributed by atoms with Crippen molar-refractivity contribution in [1.82, 2.24) is 14.6 Å². The molecular formula is C21H21N5O3S. The Morgan fingerprint density at radius 2 is 2.03 bits per heavy atom. The van der Waals surface area contributed by atoms with E-state index in [0.717, 1.165) is 23.3 Å². The second-order valence-electron chi connectivity index (χ2n) is 6.83. The highest BCUT2D eigenvalue weighted by atomic mass is 32.1. The van der Waals surface area contributed by atoms with Crippen molar-refractivity contribution in [1.29, 1.82) is 0 Å². The molecule has 1 fully saturated rings. The second-order valence-corrected chi connectivity index (χ2v) is 7.79. The Morgan fingerprint density at radius 3 is 2.77 bits per heavy atom. The highest BCUT2D eigenvalue weighted by molar-refractivity contribution is 7.05. The Morgan fingerprint density at radius 1 is 1.20 bits per heavy atom. The molecule has 1 saturated carbocycles. The van der Waals surface area contributed by atoms with Gasteiger partial charge in [0, 0.05) is 5.56 Å². The van der Waals surface area contributed by atoms with Crippen molar-refractivity contribution in [2.24, 2.45) is 5.16 Å². The van der Waals surface area contributed by atoms with E-state index in [9.17, 15) is 4.79 Å². The number of nitrogens with zero attached hydrogens (tertiary/aromatic N) is 4. The summed E-state index contributed by atoms with van der Waals surface area (Å²) in [4.78, 5) is 22.9. The van der Waals surface area contributed by atoms with Gasteiger partial charge in [-0.05, 0) is 43.4 Å². The molecule has 9 heteroatoms. The smallest absolute Gasteiger partial charge is 0.251 e. The zero-order valence-electron chi connectivity index (χ0n) is 16.4. The van der Waals surface area contributed by atoms with Gasteiger partial charge in [0.25, 0.3) is 5.91 Å². The third-order valence-electron chi connectivity index (χ3n) is 4.34. The molecule has 0 bridgehead atoms. The average Bonchev–Trinajstić information content (AvgIpc) is 3.50. The molecule has 0 atom stereocenters. The van der Waals surface area contributed by atoms with E-state index in [1.54, 1.807) is 12.1 Å². The third-order valence-corrected chi connectivity index (χ3v) is 4.97. The van der Waals surface area contributed by atoms with Crippen LogP contribution in [0.3, 0.4) is 0 Å². The summed E-state index contributed by atoms with van der Waals surface area (Å²) in [6, 6.07) is 15.0. The molecular weight excluding hydrogens is 402 g/mol. The Labute approximate surface area is 178 Å². The van der Waals surface area contributed by atoms with Gasteiger partial charge in [0.15, 0.2) is 6.61 Å². The minimum absolute atomic E-state index is 0.0405. The van der Waals surface area contributed by atoms with Crippen LogP contribution in [-0.4, -0.2) is 38.9 Å². The number of nitrogens with one attached hydrogen (secondary N) is 1. The third kappa shape index (κ3) is 5.46. The van der Waals surface area contributed by atoms with Crippen LogP contribution in [0.25, 0.3) is 0 Å². The summed E-state index contributed by atoms with van der Waals surface area (Å²) in [5.41, 5.74) is 2.83. The fraction of sp³-hybridized carbons (Fsp3) is 0.286. The number of aromatic nitrogens is 3. The number of carbonyl (C=O) groups excluding carboxylic acids is 1. The number of amides is 1. The Balaban J connectivity index is 1.41. The highest BCUT2D eigenvalue weighted by Crippen LogP contribution is 2.23. The summed E-state index contributed by atoms with van der Waals surface area (Å²) in [6.07, 6.45) is 2.29. The van der Waals surface area contributed by atoms with E-state index in [0.29, 0.717) is 22.9 Å². The van der Waals surface area contributed by atoms with Crippen molar-refractivity contribution in [2.75, 3.05) is 11.9 Å². The molecule has 2 aromatic heterocycles. The van der Waals surface area contributed by atoms with Gasteiger partial charge < -0.3 is 14.9 Å². The lowest BCUT2D eigenvalue weighted by atomic mass is 10.1. The van der Waals surface area contributed by atoms with Crippen molar-refractivity contribution < 1.29 is 14.4 Å². The van der Waals surface area contributed by atoms with Crippen LogP contribution in [0.1, 0.15) is 34.7 Å². The van der Waals surface area contributed by atoms with Crippen LogP contribution in [0, 0.1) is 6.92 Å². The number of pyridine rings is 1. The predicted molar refractivity (Wildman–Crippen MR) is 113 cm³/mol. The van der Waals surface area contributed by atoms with Gasteiger partial charge in [0.2, 0.25) is 0 Å². The summed E-state index contributed by atoms with van der Waals surface area (Å²) in [5.74, 6) is 0.232. The average molecular weight is 423 g/mol. The van der Waals surface area contributed by atoms with E-state index in [2.05, 4.69) is 25.0 Å². The number of carbonyl (C=O) groups is 1. The number of hydrogen-bond donors (Lipinski definition) is 1. The largest absolute Gasteiger partial charge is 0.389 e. The topological polar surface area (TPSA) is 98.6 Å². The molecule has 0 spiro atoms. The van der Waals surface area contributed by atoms with Gasteiger partial charge in [0.05, 0.1) is 16.7 Å². The van der Waals surface area contributed by atoms with Crippen molar-refractivity contribution in [2.45, 2.75) is 32.5 Å². The zero-order chi connectivity index (χ0) is 20.8. The summed E-state index contributed by atoms with van der Waals surface area (Å²) >= 11 is 1.31. The minimum atomic E-state index is -0.219. The maximum atomic E-state index is 11.9. The fourth-order valence-electron chi connectivity index (χ4n) is 2.68. The quantitative estimate of drug-likeness (QED) is 0.419. The number of aryl methyl sites for hydroxylation is 1. The fourth-order valence-corrected chi connectivity index (χ4v) is 3.15. The summed E-state index contributed by atoms with van der Waals surface area (Å²) in [5, 5.41) is 11.2. The van der Waals surface area contributed by atoms with Crippen LogP contribution in [0.5, 0.6) is 0 Å². The summed E-state index contributed by atoms with van der Waals surface area (Å²) in [7, 11) is 0. The van der Waals surface area contributed by atoms with Crippen molar-refractivity contribution in [3.05, 3.63) is 70.4 Å². The molecule has 30 heavy (non-hydrogen) atoms. The van der Waals surface area contributed by atoms with Crippen LogP contribution < -0.4 is 5.32 Å². The number of rotatable bonds is 9. The molecule has 1 aromatic carbocycles. The van der Waals surface area contributed by atoms with Crippen molar-refractivity contribution in [3.8, 4) is 0 Å². The van der Waals surface area contributed by atoms with Gasteiger partial charge >= 0.3 is 0 Å². The first-order valence-corrected chi connectivity index (χ1v) is 10.4. The van der Waals surface area contributed by atoms with E-state index >= 15 is 0 Å². The van der Waals surface area contributed by atoms with E-state index in [-0.39, 0.29) is 25.2 Å². The molecule has 2 heterocycles. The normalized spacial score (nSPS) is 13.8. The summed E-state index contributed by atoms with van der Waals surface area (Å²) in [6.45, 7) is 2.13. The van der Waals surface area contributed by atoms with E-state index < -0.39 is 0 Å². The van der Waals surface area contributed by atoms with Gasteiger partial charge in [-0.1, -0.05) is 46.0 Å². The minimum Gasteiger partial charge on any atom is -0.389 e. The Bertz CT molecular complexity index is 1030. The van der Waals surface area contributed by atoms with Crippen LogP contribution in [-0.2, 0) is 21.0 Å². The van der Waals surface area contributed by atoms with Gasteiger partial charge in [-0.15, -0.1) is 5.10 Å². The van der Waals surface area contributed by atoms with Gasteiger partial charge in [-0.25, -0.2) is 4.98 Å². The first-order valence-electron chi connectivity index (χ1n) is 9.61. The van der Waals surface area contributed by atoms with Crippen molar-refractivity contribution >= 4 is 29.0 Å². The van der Waals surface area contributed by atoms with Gasteiger partial charge in [0.1, 0.15) is 23.8 Å². The monoisotopic (exact) mass is 423 g/mol. The molecule has 0 aliphatic heterocycles. The molecule has 154 valence electrons. The molecule has 1 aliphatic carbocycles. The number of benzene rings is 1. The lowest BCUT2D eigenvalue weighted by molar-refractivity contribution is -0.121. The van der Waals surface area contributed by atoms with Crippen LogP contribution in [0.2, 0.25) is 0 Å².